The van der Waals surface area contributed by atoms with Crippen molar-refractivity contribution >= 4 is 11.7 Å². The number of aryl methyl sites for hydroxylation is 1. The SMILES string of the molecule is Cc1cc([C@H]2CN(C(=O)OC(C)(C)C)CC[C@H]2C)n2nc([C@H]3CC[C@H](C(F)(F)F)CC3)cc2n1. The van der Waals surface area contributed by atoms with E-state index in [4.69, 9.17) is 9.84 Å². The molecule has 1 aliphatic heterocycles. The average molecular weight is 481 g/mol. The monoisotopic (exact) mass is 480 g/mol. The summed E-state index contributed by atoms with van der Waals surface area (Å²) in [5, 5.41) is 4.84. The highest BCUT2D eigenvalue weighted by Crippen LogP contribution is 2.43. The van der Waals surface area contributed by atoms with Crippen molar-refractivity contribution in [2.45, 2.75) is 90.3 Å². The van der Waals surface area contributed by atoms with Crippen molar-refractivity contribution in [3.8, 4) is 0 Å². The third-order valence-electron chi connectivity index (χ3n) is 7.20. The molecule has 1 saturated carbocycles. The maximum Gasteiger partial charge on any atom is 0.410 e. The Balaban J connectivity index is 1.59. The highest BCUT2D eigenvalue weighted by molar-refractivity contribution is 5.68. The van der Waals surface area contributed by atoms with Gasteiger partial charge in [0.25, 0.3) is 0 Å². The molecule has 6 nitrogen and oxygen atoms in total. The zero-order valence-electron chi connectivity index (χ0n) is 20.7. The second kappa shape index (κ2) is 9.04. The molecule has 0 spiro atoms. The van der Waals surface area contributed by atoms with Crippen LogP contribution >= 0.6 is 0 Å². The number of likely N-dealkylation sites (tertiary alicyclic amines) is 1. The lowest BCUT2D eigenvalue weighted by Crippen LogP contribution is -2.45. The summed E-state index contributed by atoms with van der Waals surface area (Å²) in [5.41, 5.74) is 2.81. The molecule has 0 bridgehead atoms. The molecule has 1 aliphatic carbocycles. The van der Waals surface area contributed by atoms with Crippen molar-refractivity contribution in [3.63, 3.8) is 0 Å². The molecule has 9 heteroatoms. The number of nitrogens with zero attached hydrogens (tertiary/aromatic N) is 4. The summed E-state index contributed by atoms with van der Waals surface area (Å²) in [6.07, 6.45) is -2.33. The van der Waals surface area contributed by atoms with E-state index in [9.17, 15) is 18.0 Å². The summed E-state index contributed by atoms with van der Waals surface area (Å²) in [5.74, 6) is -0.813. The Labute approximate surface area is 198 Å². The Hall–Kier alpha value is -2.32. The number of alkyl halides is 3. The van der Waals surface area contributed by atoms with Crippen LogP contribution in [-0.2, 0) is 4.74 Å². The number of halogens is 3. The van der Waals surface area contributed by atoms with Crippen molar-refractivity contribution in [1.82, 2.24) is 19.5 Å². The van der Waals surface area contributed by atoms with Crippen molar-refractivity contribution < 1.29 is 22.7 Å². The Kier molecular flexibility index (Phi) is 6.59. The largest absolute Gasteiger partial charge is 0.444 e. The first-order chi connectivity index (χ1) is 15.8. The second-order valence-corrected chi connectivity index (χ2v) is 11.1. The van der Waals surface area contributed by atoms with Gasteiger partial charge in [-0.15, -0.1) is 0 Å². The Morgan fingerprint density at radius 2 is 1.76 bits per heavy atom. The molecule has 0 unspecified atom stereocenters. The normalized spacial score (nSPS) is 26.6. The van der Waals surface area contributed by atoms with Crippen LogP contribution in [0.25, 0.3) is 5.65 Å². The van der Waals surface area contributed by atoms with E-state index in [-0.39, 0.29) is 30.8 Å². The standard InChI is InChI=1S/C25H35F3N4O2/c1-15-10-11-31(23(33)34-24(3,4)5)14-19(15)21-12-16(2)29-22-13-20(30-32(21)22)17-6-8-18(9-7-17)25(26,27)28/h12-13,15,17-19H,6-11,14H2,1-5H3/t15-,17-,18-,19+/m1/s1. The van der Waals surface area contributed by atoms with Crippen LogP contribution in [-0.4, -0.2) is 50.5 Å². The first-order valence-electron chi connectivity index (χ1n) is 12.2. The van der Waals surface area contributed by atoms with Gasteiger partial charge in [0.05, 0.1) is 17.3 Å². The lowest BCUT2D eigenvalue weighted by molar-refractivity contribution is -0.182. The van der Waals surface area contributed by atoms with E-state index in [0.717, 1.165) is 23.5 Å². The minimum Gasteiger partial charge on any atom is -0.444 e. The zero-order valence-corrected chi connectivity index (χ0v) is 20.7. The molecule has 0 aromatic carbocycles. The molecule has 1 amide bonds. The van der Waals surface area contributed by atoms with Gasteiger partial charge in [-0.3, -0.25) is 0 Å². The lowest BCUT2D eigenvalue weighted by Gasteiger charge is -2.38. The van der Waals surface area contributed by atoms with Crippen LogP contribution in [0.3, 0.4) is 0 Å². The maximum absolute atomic E-state index is 13.1. The van der Waals surface area contributed by atoms with Crippen LogP contribution in [0.1, 0.15) is 88.7 Å². The molecule has 0 N–H and O–H groups in total. The van der Waals surface area contributed by atoms with E-state index in [1.54, 1.807) is 4.90 Å². The molecule has 0 radical (unpaired) electrons. The fourth-order valence-electron chi connectivity index (χ4n) is 5.27. The first-order valence-corrected chi connectivity index (χ1v) is 12.2. The van der Waals surface area contributed by atoms with Crippen LogP contribution in [0.2, 0.25) is 0 Å². The summed E-state index contributed by atoms with van der Waals surface area (Å²) in [4.78, 5) is 19.1. The number of amides is 1. The third kappa shape index (κ3) is 5.33. The number of aromatic nitrogens is 3. The molecule has 2 atom stereocenters. The molecule has 2 fully saturated rings. The average Bonchev–Trinajstić information content (AvgIpc) is 3.15. The van der Waals surface area contributed by atoms with E-state index < -0.39 is 17.7 Å². The zero-order chi connectivity index (χ0) is 24.8. The van der Waals surface area contributed by atoms with Gasteiger partial charge in [0.15, 0.2) is 5.65 Å². The van der Waals surface area contributed by atoms with Gasteiger partial charge in [-0.05, 0) is 71.8 Å². The fraction of sp³-hybridized carbons (Fsp3) is 0.720. The van der Waals surface area contributed by atoms with Crippen LogP contribution in [0.5, 0.6) is 0 Å². The lowest BCUT2D eigenvalue weighted by atomic mass is 9.80. The summed E-state index contributed by atoms with van der Waals surface area (Å²) in [6, 6.07) is 3.94. The first kappa shape index (κ1) is 24.8. The number of carbonyl (C=O) groups excluding carboxylic acids is 1. The van der Waals surface area contributed by atoms with Gasteiger partial charge >= 0.3 is 12.3 Å². The van der Waals surface area contributed by atoms with Crippen LogP contribution in [0.4, 0.5) is 18.0 Å². The maximum atomic E-state index is 13.1. The Bertz CT molecular complexity index is 1040. The quantitative estimate of drug-likeness (QED) is 0.511. The van der Waals surface area contributed by atoms with Gasteiger partial charge < -0.3 is 9.64 Å². The van der Waals surface area contributed by atoms with E-state index in [2.05, 4.69) is 11.9 Å². The number of hydrogen-bond acceptors (Lipinski definition) is 4. The Morgan fingerprint density at radius 3 is 2.38 bits per heavy atom. The van der Waals surface area contributed by atoms with Gasteiger partial charge in [0.2, 0.25) is 0 Å². The summed E-state index contributed by atoms with van der Waals surface area (Å²) in [6.45, 7) is 10.9. The van der Waals surface area contributed by atoms with Crippen LogP contribution < -0.4 is 0 Å². The van der Waals surface area contributed by atoms with Crippen LogP contribution in [0.15, 0.2) is 12.1 Å². The van der Waals surface area contributed by atoms with Crippen molar-refractivity contribution in [3.05, 3.63) is 29.2 Å². The number of ether oxygens (including phenoxy) is 1. The molecule has 4 rings (SSSR count). The number of fused-ring (bicyclic) bond motifs is 1. The number of hydrogen-bond donors (Lipinski definition) is 0. The highest BCUT2D eigenvalue weighted by Gasteiger charge is 2.42. The molecule has 188 valence electrons. The molecular formula is C25H35F3N4O2. The predicted molar refractivity (Wildman–Crippen MR) is 123 cm³/mol. The molecular weight excluding hydrogens is 445 g/mol. The van der Waals surface area contributed by atoms with Crippen molar-refractivity contribution in [2.75, 3.05) is 13.1 Å². The van der Waals surface area contributed by atoms with Crippen molar-refractivity contribution in [2.24, 2.45) is 11.8 Å². The van der Waals surface area contributed by atoms with Crippen LogP contribution in [0, 0.1) is 18.8 Å². The molecule has 1 saturated heterocycles. The van der Waals surface area contributed by atoms with Gasteiger partial charge in [0.1, 0.15) is 5.60 Å². The van der Waals surface area contributed by atoms with Gasteiger partial charge in [-0.25, -0.2) is 14.3 Å². The van der Waals surface area contributed by atoms with Gasteiger partial charge in [0, 0.05) is 36.7 Å². The predicted octanol–water partition coefficient (Wildman–Crippen LogP) is 6.23. The number of piperidine rings is 1. The van der Waals surface area contributed by atoms with Gasteiger partial charge in [-0.1, -0.05) is 6.92 Å². The molecule has 2 aromatic heterocycles. The molecule has 2 aromatic rings. The topological polar surface area (TPSA) is 59.7 Å². The van der Waals surface area contributed by atoms with E-state index in [0.29, 0.717) is 37.5 Å². The number of carbonyl (C=O) groups is 1. The molecule has 2 aliphatic rings. The van der Waals surface area contributed by atoms with Crippen molar-refractivity contribution in [1.29, 1.82) is 0 Å². The third-order valence-corrected chi connectivity index (χ3v) is 7.20. The highest BCUT2D eigenvalue weighted by atomic mass is 19.4. The van der Waals surface area contributed by atoms with E-state index in [1.807, 2.05) is 44.3 Å². The second-order valence-electron chi connectivity index (χ2n) is 11.1. The fourth-order valence-corrected chi connectivity index (χ4v) is 5.27. The minimum atomic E-state index is -4.12. The molecule has 3 heterocycles. The molecule has 34 heavy (non-hydrogen) atoms. The van der Waals surface area contributed by atoms with E-state index in [1.165, 1.54) is 0 Å². The summed E-state index contributed by atoms with van der Waals surface area (Å²) >= 11 is 0. The van der Waals surface area contributed by atoms with Gasteiger partial charge in [-0.2, -0.15) is 18.3 Å². The Morgan fingerprint density at radius 1 is 1.09 bits per heavy atom. The van der Waals surface area contributed by atoms with E-state index >= 15 is 0 Å². The smallest absolute Gasteiger partial charge is 0.410 e. The minimum absolute atomic E-state index is 0.00972. The summed E-state index contributed by atoms with van der Waals surface area (Å²) in [7, 11) is 0. The summed E-state index contributed by atoms with van der Waals surface area (Å²) < 4.78 is 46.7. The number of rotatable bonds is 2.